The molecule has 2 heterocycles. The molecule has 0 aliphatic heterocycles. The monoisotopic (exact) mass is 533 g/mol. The van der Waals surface area contributed by atoms with Crippen LogP contribution in [0.3, 0.4) is 0 Å². The van der Waals surface area contributed by atoms with Gasteiger partial charge in [0, 0.05) is 25.8 Å². The van der Waals surface area contributed by atoms with Gasteiger partial charge in [0.2, 0.25) is 5.91 Å². The SMILES string of the molecule is CCNC(=O)C(C#N)=c1sc(=CNc2cccc(NC(=O)CN(C)Cc3cccc(C)c3)n2)c(=O)n1CC. The van der Waals surface area contributed by atoms with E-state index in [0.717, 1.165) is 16.9 Å². The Labute approximate surface area is 224 Å². The molecule has 0 spiro atoms. The molecule has 11 heteroatoms. The number of aromatic nitrogens is 2. The molecule has 10 nitrogen and oxygen atoms in total. The van der Waals surface area contributed by atoms with Gasteiger partial charge in [0.1, 0.15) is 26.9 Å². The van der Waals surface area contributed by atoms with Crippen molar-refractivity contribution in [2.24, 2.45) is 0 Å². The number of hydrogen-bond donors (Lipinski definition) is 3. The molecule has 0 saturated heterocycles. The van der Waals surface area contributed by atoms with Crippen molar-refractivity contribution in [1.82, 2.24) is 19.8 Å². The first kappa shape index (κ1) is 28.3. The molecule has 3 N–H and O–H groups in total. The van der Waals surface area contributed by atoms with Gasteiger partial charge in [0.05, 0.1) is 6.54 Å². The molecule has 0 saturated carbocycles. The molecule has 0 radical (unpaired) electrons. The smallest absolute Gasteiger partial charge is 0.270 e. The molecule has 3 rings (SSSR count). The van der Waals surface area contributed by atoms with Crippen molar-refractivity contribution in [1.29, 1.82) is 5.26 Å². The van der Waals surface area contributed by atoms with Crippen LogP contribution in [0.25, 0.3) is 11.8 Å². The van der Waals surface area contributed by atoms with Gasteiger partial charge in [0.15, 0.2) is 5.57 Å². The fourth-order valence-electron chi connectivity index (χ4n) is 3.77. The second-order valence-corrected chi connectivity index (χ2v) is 9.60. The lowest BCUT2D eigenvalue weighted by molar-refractivity contribution is -0.117. The molecule has 0 unspecified atom stereocenters. The molecule has 0 bridgehead atoms. The molecule has 1 aromatic carbocycles. The van der Waals surface area contributed by atoms with Crippen LogP contribution in [0, 0.1) is 18.3 Å². The summed E-state index contributed by atoms with van der Waals surface area (Å²) in [6, 6.07) is 15.2. The number of aryl methyl sites for hydroxylation is 1. The molecular formula is C27H31N7O3S. The number of thiazole rings is 1. The quantitative estimate of drug-likeness (QED) is 0.359. The van der Waals surface area contributed by atoms with Crippen molar-refractivity contribution in [2.45, 2.75) is 33.9 Å². The van der Waals surface area contributed by atoms with Gasteiger partial charge >= 0.3 is 0 Å². The fourth-order valence-corrected chi connectivity index (χ4v) is 4.85. The van der Waals surface area contributed by atoms with Crippen LogP contribution in [-0.2, 0) is 22.7 Å². The van der Waals surface area contributed by atoms with E-state index in [1.165, 1.54) is 16.3 Å². The van der Waals surface area contributed by atoms with Gasteiger partial charge in [-0.3, -0.25) is 23.9 Å². The van der Waals surface area contributed by atoms with Crippen molar-refractivity contribution >= 4 is 46.6 Å². The van der Waals surface area contributed by atoms with Crippen LogP contribution in [0.1, 0.15) is 25.0 Å². The number of nitriles is 1. The van der Waals surface area contributed by atoms with Crippen molar-refractivity contribution in [2.75, 3.05) is 30.8 Å². The molecule has 0 aliphatic rings. The van der Waals surface area contributed by atoms with E-state index in [1.54, 1.807) is 32.0 Å². The minimum atomic E-state index is -0.521. The largest absolute Gasteiger partial charge is 0.352 e. The van der Waals surface area contributed by atoms with E-state index < -0.39 is 5.91 Å². The van der Waals surface area contributed by atoms with Gasteiger partial charge in [-0.05, 0) is 45.5 Å². The zero-order valence-corrected chi connectivity index (χ0v) is 22.7. The molecule has 0 atom stereocenters. The highest BCUT2D eigenvalue weighted by Gasteiger charge is 2.14. The maximum absolute atomic E-state index is 12.9. The lowest BCUT2D eigenvalue weighted by Gasteiger charge is -2.16. The maximum Gasteiger partial charge on any atom is 0.270 e. The van der Waals surface area contributed by atoms with Crippen molar-refractivity contribution in [3.63, 3.8) is 0 Å². The normalized spacial score (nSPS) is 12.2. The summed E-state index contributed by atoms with van der Waals surface area (Å²) in [5, 5.41) is 17.9. The van der Waals surface area contributed by atoms with Gasteiger partial charge in [-0.15, -0.1) is 11.3 Å². The van der Waals surface area contributed by atoms with Gasteiger partial charge < -0.3 is 16.0 Å². The number of likely N-dealkylation sites (N-methyl/N-ethyl adjacent to an activating group) is 1. The third kappa shape index (κ3) is 7.38. The first-order valence-electron chi connectivity index (χ1n) is 12.2. The second-order valence-electron chi connectivity index (χ2n) is 8.57. The van der Waals surface area contributed by atoms with E-state index in [4.69, 9.17) is 0 Å². The summed E-state index contributed by atoms with van der Waals surface area (Å²) in [6.07, 6.45) is 1.49. The summed E-state index contributed by atoms with van der Waals surface area (Å²) in [5.74, 6) is 0.0630. The molecule has 3 aromatic rings. The predicted molar refractivity (Wildman–Crippen MR) is 150 cm³/mol. The lowest BCUT2D eigenvalue weighted by atomic mass is 10.1. The van der Waals surface area contributed by atoms with Crippen LogP contribution in [-0.4, -0.2) is 46.4 Å². The Balaban J connectivity index is 1.74. The number of carbonyl (C=O) groups excluding carboxylic acids is 2. The van der Waals surface area contributed by atoms with Crippen LogP contribution in [0.15, 0.2) is 47.3 Å². The second kappa shape index (κ2) is 13.3. The third-order valence-electron chi connectivity index (χ3n) is 5.43. The van der Waals surface area contributed by atoms with Crippen LogP contribution in [0.5, 0.6) is 0 Å². The standard InChI is InChI=1S/C27H31N7O3S/c1-5-29-25(36)20(14-28)27-34(6-2)26(37)21(38-27)15-30-22-11-8-12-23(31-22)32-24(35)17-33(4)16-19-10-7-9-18(3)13-19/h7-13,15H,5-6,16-17H2,1-4H3,(H,29,36)(H2,30,31,32,35). The number of amides is 2. The summed E-state index contributed by atoms with van der Waals surface area (Å²) in [6.45, 7) is 7.07. The Morgan fingerprint density at radius 3 is 2.61 bits per heavy atom. The number of nitrogens with one attached hydrogen (secondary N) is 3. The zero-order chi connectivity index (χ0) is 27.7. The molecule has 0 aliphatic carbocycles. The number of benzene rings is 1. The highest BCUT2D eigenvalue weighted by molar-refractivity contribution is 7.07. The maximum atomic E-state index is 12.9. The summed E-state index contributed by atoms with van der Waals surface area (Å²) in [7, 11) is 1.88. The van der Waals surface area contributed by atoms with Gasteiger partial charge in [-0.2, -0.15) is 5.26 Å². The average Bonchev–Trinajstić information content (AvgIpc) is 3.18. The molecule has 38 heavy (non-hydrogen) atoms. The number of nitrogens with zero attached hydrogens (tertiary/aromatic N) is 4. The Kier molecular flexibility index (Phi) is 9.92. The Bertz CT molecular complexity index is 1530. The highest BCUT2D eigenvalue weighted by Crippen LogP contribution is 2.10. The third-order valence-corrected chi connectivity index (χ3v) is 6.56. The lowest BCUT2D eigenvalue weighted by Crippen LogP contribution is -2.34. The van der Waals surface area contributed by atoms with Crippen molar-refractivity contribution in [3.8, 4) is 6.07 Å². The molecule has 198 valence electrons. The Morgan fingerprint density at radius 1 is 1.18 bits per heavy atom. The van der Waals surface area contributed by atoms with Crippen molar-refractivity contribution in [3.05, 3.63) is 73.1 Å². The Morgan fingerprint density at radius 2 is 1.92 bits per heavy atom. The summed E-state index contributed by atoms with van der Waals surface area (Å²) in [5.41, 5.74) is 1.87. The zero-order valence-electron chi connectivity index (χ0n) is 21.9. The number of hydrogen-bond acceptors (Lipinski definition) is 8. The number of anilines is 2. The summed E-state index contributed by atoms with van der Waals surface area (Å²) in [4.78, 5) is 44.0. The van der Waals surface area contributed by atoms with Gasteiger partial charge in [0.25, 0.3) is 11.5 Å². The summed E-state index contributed by atoms with van der Waals surface area (Å²) >= 11 is 1.05. The minimum Gasteiger partial charge on any atom is -0.352 e. The van der Waals surface area contributed by atoms with E-state index in [1.807, 2.05) is 43.1 Å². The van der Waals surface area contributed by atoms with E-state index in [9.17, 15) is 19.6 Å². The number of pyridine rings is 1. The molecular weight excluding hydrogens is 502 g/mol. The molecule has 0 fully saturated rings. The van der Waals surface area contributed by atoms with E-state index >= 15 is 0 Å². The van der Waals surface area contributed by atoms with Crippen LogP contribution in [0.4, 0.5) is 11.6 Å². The van der Waals surface area contributed by atoms with Crippen LogP contribution in [0.2, 0.25) is 0 Å². The number of rotatable bonds is 10. The molecule has 2 amide bonds. The van der Waals surface area contributed by atoms with Crippen LogP contribution < -0.4 is 30.7 Å². The number of carbonyl (C=O) groups is 2. The van der Waals surface area contributed by atoms with Gasteiger partial charge in [-0.1, -0.05) is 35.9 Å². The fraction of sp³-hybridized carbons (Fsp3) is 0.296. The highest BCUT2D eigenvalue weighted by atomic mass is 32.1. The average molecular weight is 534 g/mol. The molecule has 2 aromatic heterocycles. The first-order valence-corrected chi connectivity index (χ1v) is 13.0. The van der Waals surface area contributed by atoms with E-state index in [0.29, 0.717) is 40.5 Å². The first-order chi connectivity index (χ1) is 18.2. The van der Waals surface area contributed by atoms with Gasteiger partial charge in [-0.25, -0.2) is 4.98 Å². The van der Waals surface area contributed by atoms with Crippen LogP contribution >= 0.6 is 11.3 Å². The van der Waals surface area contributed by atoms with Crippen molar-refractivity contribution < 1.29 is 9.59 Å². The predicted octanol–water partition coefficient (Wildman–Crippen LogP) is 1.36. The van der Waals surface area contributed by atoms with E-state index in [2.05, 4.69) is 27.0 Å². The minimum absolute atomic E-state index is 0.106. The Hall–Kier alpha value is -4.27. The topological polar surface area (TPSA) is 132 Å². The van der Waals surface area contributed by atoms with E-state index in [-0.39, 0.29) is 23.6 Å². The summed E-state index contributed by atoms with van der Waals surface area (Å²) < 4.78 is 2.00.